The molecule has 5 nitrogen and oxygen atoms in total. The van der Waals surface area contributed by atoms with Gasteiger partial charge >= 0.3 is 0 Å². The largest absolute Gasteiger partial charge is 0.493 e. The van der Waals surface area contributed by atoms with Crippen molar-refractivity contribution in [3.63, 3.8) is 0 Å². The molecule has 1 amide bonds. The van der Waals surface area contributed by atoms with E-state index in [0.29, 0.717) is 17.1 Å². The fourth-order valence-electron chi connectivity index (χ4n) is 5.17. The molecule has 7 heteroatoms. The Kier molecular flexibility index (Phi) is 8.19. The Morgan fingerprint density at radius 3 is 2.70 bits per heavy atom. The number of thiophene rings is 1. The minimum atomic E-state index is -0.299. The maximum atomic E-state index is 14.0. The molecule has 194 valence electrons. The van der Waals surface area contributed by atoms with Gasteiger partial charge in [0.05, 0.1) is 12.7 Å². The Bertz CT molecular complexity index is 1280. The Balaban J connectivity index is 1.35. The highest BCUT2D eigenvalue weighted by Gasteiger charge is 2.27. The van der Waals surface area contributed by atoms with Crippen LogP contribution in [0.1, 0.15) is 76.9 Å². The van der Waals surface area contributed by atoms with Gasteiger partial charge in [0.15, 0.2) is 11.5 Å². The molecule has 37 heavy (non-hydrogen) atoms. The summed E-state index contributed by atoms with van der Waals surface area (Å²) < 4.78 is 25.3. The number of ether oxygens (including phenoxy) is 2. The lowest BCUT2D eigenvalue weighted by atomic mass is 9.93. The second-order valence-corrected chi connectivity index (χ2v) is 10.8. The van der Waals surface area contributed by atoms with Crippen LogP contribution in [0.15, 0.2) is 47.5 Å². The summed E-state index contributed by atoms with van der Waals surface area (Å²) in [6, 6.07) is 12.4. The number of carbonyl (C=O) groups is 1. The van der Waals surface area contributed by atoms with Crippen molar-refractivity contribution in [2.45, 2.75) is 70.4 Å². The summed E-state index contributed by atoms with van der Waals surface area (Å²) >= 11 is 1.64. The van der Waals surface area contributed by atoms with Crippen LogP contribution >= 0.6 is 11.3 Å². The Labute approximate surface area is 221 Å². The van der Waals surface area contributed by atoms with Crippen LogP contribution in [0.3, 0.4) is 0 Å². The van der Waals surface area contributed by atoms with E-state index in [1.54, 1.807) is 48.9 Å². The molecule has 2 aliphatic rings. The van der Waals surface area contributed by atoms with Crippen molar-refractivity contribution < 1.29 is 18.7 Å². The highest BCUT2D eigenvalue weighted by molar-refractivity contribution is 7.16. The second kappa shape index (κ2) is 11.9. The minimum absolute atomic E-state index is 0.0212. The molecule has 5 rings (SSSR count). The normalized spacial score (nSPS) is 15.9. The lowest BCUT2D eigenvalue weighted by Gasteiger charge is -2.23. The van der Waals surface area contributed by atoms with Crippen molar-refractivity contribution in [3.8, 4) is 11.5 Å². The highest BCUT2D eigenvalue weighted by atomic mass is 32.1. The average Bonchev–Trinajstić information content (AvgIpc) is 3.31. The van der Waals surface area contributed by atoms with E-state index >= 15 is 0 Å². The van der Waals surface area contributed by atoms with E-state index in [9.17, 15) is 9.18 Å². The number of halogens is 1. The van der Waals surface area contributed by atoms with Crippen molar-refractivity contribution in [1.82, 2.24) is 5.32 Å². The second-order valence-electron chi connectivity index (χ2n) is 9.75. The van der Waals surface area contributed by atoms with E-state index in [2.05, 4.69) is 5.32 Å². The van der Waals surface area contributed by atoms with Crippen LogP contribution in [0.5, 0.6) is 11.5 Å². The van der Waals surface area contributed by atoms with Crippen molar-refractivity contribution in [1.29, 1.82) is 0 Å². The van der Waals surface area contributed by atoms with Gasteiger partial charge in [-0.1, -0.05) is 37.5 Å². The van der Waals surface area contributed by atoms with Gasteiger partial charge in [-0.15, -0.1) is 11.3 Å². The first kappa shape index (κ1) is 25.5. The molecule has 0 atom stereocenters. The summed E-state index contributed by atoms with van der Waals surface area (Å²) in [5, 5.41) is 4.07. The number of rotatable bonds is 8. The van der Waals surface area contributed by atoms with E-state index in [1.165, 1.54) is 35.8 Å². The first-order valence-corrected chi connectivity index (χ1v) is 14.0. The molecule has 1 aromatic heterocycles. The van der Waals surface area contributed by atoms with Crippen LogP contribution < -0.4 is 14.8 Å². The van der Waals surface area contributed by atoms with Gasteiger partial charge in [0.25, 0.3) is 5.91 Å². The fraction of sp³-hybridized carbons (Fsp3) is 0.400. The van der Waals surface area contributed by atoms with E-state index in [0.717, 1.165) is 54.7 Å². The van der Waals surface area contributed by atoms with Gasteiger partial charge in [-0.25, -0.2) is 9.38 Å². The van der Waals surface area contributed by atoms with Gasteiger partial charge in [-0.05, 0) is 73.9 Å². The Morgan fingerprint density at radius 1 is 1.08 bits per heavy atom. The number of aliphatic imine (C=N–C) groups is 1. The molecule has 1 heterocycles. The zero-order valence-electron chi connectivity index (χ0n) is 21.2. The molecule has 0 aliphatic heterocycles. The lowest BCUT2D eigenvalue weighted by Crippen LogP contribution is -2.36. The van der Waals surface area contributed by atoms with E-state index in [4.69, 9.17) is 14.5 Å². The molecule has 2 aromatic carbocycles. The number of methoxy groups -OCH3 is 1. The number of fused-ring (bicyclic) bond motifs is 1. The molecule has 0 radical (unpaired) electrons. The molecule has 2 aliphatic carbocycles. The summed E-state index contributed by atoms with van der Waals surface area (Å²) in [4.78, 5) is 19.5. The smallest absolute Gasteiger partial charge is 0.254 e. The Morgan fingerprint density at radius 2 is 1.89 bits per heavy atom. The molecule has 1 N–H and O–H groups in total. The summed E-state index contributed by atoms with van der Waals surface area (Å²) in [5.41, 5.74) is 3.26. The van der Waals surface area contributed by atoms with Gasteiger partial charge in [-0.3, -0.25) is 4.79 Å². The highest BCUT2D eigenvalue weighted by Crippen LogP contribution is 2.40. The fourth-order valence-corrected chi connectivity index (χ4v) is 6.40. The van der Waals surface area contributed by atoms with Gasteiger partial charge in [-0.2, -0.15) is 0 Å². The number of amides is 1. The van der Waals surface area contributed by atoms with Crippen molar-refractivity contribution in [2.24, 2.45) is 4.99 Å². The van der Waals surface area contributed by atoms with Crippen LogP contribution in [0.2, 0.25) is 0 Å². The van der Waals surface area contributed by atoms with E-state index < -0.39 is 0 Å². The minimum Gasteiger partial charge on any atom is -0.493 e. The predicted molar refractivity (Wildman–Crippen MR) is 146 cm³/mol. The predicted octanol–water partition coefficient (Wildman–Crippen LogP) is 7.17. The number of hydrogen-bond donors (Lipinski definition) is 1. The third-order valence-corrected chi connectivity index (χ3v) is 8.38. The molecule has 1 fully saturated rings. The summed E-state index contributed by atoms with van der Waals surface area (Å²) in [5.74, 6) is 0.795. The SMILES string of the molecule is COc1cc(/C=N/c2sc3c(c2C(=O)NC2CCCCC2)CCCC3)ccc1OCc1ccccc1F. The van der Waals surface area contributed by atoms with Crippen LogP contribution in [0.25, 0.3) is 0 Å². The van der Waals surface area contributed by atoms with Gasteiger partial charge in [0, 0.05) is 22.7 Å². The molecule has 0 saturated heterocycles. The molecular formula is C30H33FN2O3S. The average molecular weight is 521 g/mol. The maximum Gasteiger partial charge on any atom is 0.254 e. The van der Waals surface area contributed by atoms with Gasteiger partial charge in [0.2, 0.25) is 0 Å². The number of aryl methyl sites for hydroxylation is 1. The molecule has 0 spiro atoms. The number of nitrogens with one attached hydrogen (secondary N) is 1. The zero-order valence-corrected chi connectivity index (χ0v) is 22.0. The number of hydrogen-bond acceptors (Lipinski definition) is 5. The van der Waals surface area contributed by atoms with Gasteiger partial charge in [0.1, 0.15) is 17.4 Å². The topological polar surface area (TPSA) is 59.9 Å². The lowest BCUT2D eigenvalue weighted by molar-refractivity contribution is 0.0927. The third-order valence-electron chi connectivity index (χ3n) is 7.18. The monoisotopic (exact) mass is 520 g/mol. The number of carbonyl (C=O) groups excluding carboxylic acids is 1. The van der Waals surface area contributed by atoms with E-state index in [-0.39, 0.29) is 24.4 Å². The molecule has 0 unspecified atom stereocenters. The molecule has 3 aromatic rings. The maximum absolute atomic E-state index is 14.0. The van der Waals surface area contributed by atoms with Crippen LogP contribution in [-0.2, 0) is 19.4 Å². The molecule has 1 saturated carbocycles. The summed E-state index contributed by atoms with van der Waals surface area (Å²) in [6.07, 6.45) is 11.7. The Hall–Kier alpha value is -3.19. The van der Waals surface area contributed by atoms with Gasteiger partial charge < -0.3 is 14.8 Å². The first-order valence-electron chi connectivity index (χ1n) is 13.2. The van der Waals surface area contributed by atoms with E-state index in [1.807, 2.05) is 12.1 Å². The summed E-state index contributed by atoms with van der Waals surface area (Å²) in [7, 11) is 1.58. The molecule has 0 bridgehead atoms. The quantitative estimate of drug-likeness (QED) is 0.321. The standard InChI is InChI=1S/C30H33FN2O3S/c1-35-26-17-20(15-16-25(26)36-19-21-9-5-7-13-24(21)31)18-32-30-28(23-12-6-8-14-27(23)37-30)29(34)33-22-10-3-2-4-11-22/h5,7,9,13,15-18,22H,2-4,6,8,10-12,14,19H2,1H3,(H,33,34)/b32-18+. The number of nitrogens with zero attached hydrogens (tertiary/aromatic N) is 1. The van der Waals surface area contributed by atoms with Crippen molar-refractivity contribution in [3.05, 3.63) is 75.4 Å². The van der Waals surface area contributed by atoms with Crippen molar-refractivity contribution >= 4 is 28.5 Å². The third kappa shape index (κ3) is 6.04. The molecular weight excluding hydrogens is 487 g/mol. The van der Waals surface area contributed by atoms with Crippen LogP contribution in [0, 0.1) is 5.82 Å². The zero-order chi connectivity index (χ0) is 25.6. The van der Waals surface area contributed by atoms with Crippen LogP contribution in [0.4, 0.5) is 9.39 Å². The first-order chi connectivity index (χ1) is 18.1. The number of benzene rings is 2. The van der Waals surface area contributed by atoms with Crippen molar-refractivity contribution in [2.75, 3.05) is 7.11 Å². The summed E-state index contributed by atoms with van der Waals surface area (Å²) in [6.45, 7) is 0.108. The van der Waals surface area contributed by atoms with Crippen LogP contribution in [-0.4, -0.2) is 25.3 Å².